The maximum absolute atomic E-state index is 13.8. The van der Waals surface area contributed by atoms with Crippen molar-refractivity contribution in [1.29, 1.82) is 0 Å². The number of pyridine rings is 1. The Morgan fingerprint density at radius 3 is 2.00 bits per heavy atom. The van der Waals surface area contributed by atoms with Crippen molar-refractivity contribution in [3.8, 4) is 0 Å². The fraction of sp³-hybridized carbons (Fsp3) is 0.462. The van der Waals surface area contributed by atoms with Crippen molar-refractivity contribution in [2.75, 3.05) is 19.0 Å². The summed E-state index contributed by atoms with van der Waals surface area (Å²) in [6.07, 6.45) is 1.43. The van der Waals surface area contributed by atoms with Crippen molar-refractivity contribution in [2.45, 2.75) is 23.7 Å². The van der Waals surface area contributed by atoms with Crippen LogP contribution in [-0.2, 0) is 20.1 Å². The van der Waals surface area contributed by atoms with Crippen LogP contribution >= 0.6 is 0 Å². The fourth-order valence-corrected chi connectivity index (χ4v) is 1.92. The van der Waals surface area contributed by atoms with Gasteiger partial charge in [-0.05, 0) is 6.07 Å². The predicted octanol–water partition coefficient (Wildman–Crippen LogP) is 3.89. The second kappa shape index (κ2) is 5.94. The zero-order chi connectivity index (χ0) is 17.8. The number of allylic oxidation sites excluding steroid dienone is 2. The van der Waals surface area contributed by atoms with E-state index in [2.05, 4.69) is 4.98 Å². The molecule has 0 bridgehead atoms. The topological polar surface area (TPSA) is 16.1 Å². The molecule has 11 heteroatoms. The van der Waals surface area contributed by atoms with Crippen LogP contribution in [0.2, 0.25) is 0 Å². The van der Waals surface area contributed by atoms with Gasteiger partial charge in [0.25, 0.3) is 5.92 Å². The van der Waals surface area contributed by atoms with Gasteiger partial charge in [-0.15, -0.1) is 5.57 Å². The van der Waals surface area contributed by atoms with Crippen LogP contribution in [0.3, 0.4) is 0 Å². The van der Waals surface area contributed by atoms with Gasteiger partial charge < -0.3 is 9.88 Å². The van der Waals surface area contributed by atoms with Crippen LogP contribution in [-0.4, -0.2) is 42.8 Å². The number of nitrogens with zero attached hydrogens (tertiary/aromatic N) is 2. The molecule has 0 atom stereocenters. The molecule has 0 unspecified atom stereocenters. The maximum Gasteiger partial charge on any atom is 0.378 e. The van der Waals surface area contributed by atoms with Gasteiger partial charge in [-0.2, -0.15) is 32.4 Å². The molecular weight excluding hydrogens is 528 g/mol. The van der Waals surface area contributed by atoms with Gasteiger partial charge in [0, 0.05) is 46.1 Å². The number of hydrogen-bond donors (Lipinski definition) is 0. The van der Waals surface area contributed by atoms with Crippen molar-refractivity contribution >= 4 is 11.3 Å². The zero-order valence-electron chi connectivity index (χ0n) is 12.0. The Hall–Kier alpha value is -1.22. The molecule has 24 heavy (non-hydrogen) atoms. The standard InChI is InChI=1S/C13H9F8N2.Ir/c1-23(2)7-3-4-22-9(5-7)8-6-10(14,15)12(18,19)13(20,21)11(8,16)17;/h3-5H,1-2H3;/q-1;. The van der Waals surface area contributed by atoms with Gasteiger partial charge in [-0.1, -0.05) is 11.8 Å². The minimum Gasteiger partial charge on any atom is -0.379 e. The van der Waals surface area contributed by atoms with E-state index < -0.39 is 35.0 Å². The van der Waals surface area contributed by atoms with Gasteiger partial charge in [0.1, 0.15) is 0 Å². The monoisotopic (exact) mass is 538 g/mol. The molecular formula is C13H9F8IrN2-. The third-order valence-electron chi connectivity index (χ3n) is 3.30. The normalized spacial score (nSPS) is 23.0. The predicted molar refractivity (Wildman–Crippen MR) is 65.0 cm³/mol. The summed E-state index contributed by atoms with van der Waals surface area (Å²) in [6, 6.07) is 2.09. The number of hydrogen-bond acceptors (Lipinski definition) is 2. The minimum atomic E-state index is -6.31. The van der Waals surface area contributed by atoms with Gasteiger partial charge in [-0.3, -0.25) is 0 Å². The quantitative estimate of drug-likeness (QED) is 0.421. The molecule has 1 heterocycles. The minimum absolute atomic E-state index is 0. The molecule has 137 valence electrons. The Bertz CT molecular complexity index is 657. The molecule has 1 aromatic rings. The number of anilines is 1. The van der Waals surface area contributed by atoms with E-state index in [1.165, 1.54) is 25.1 Å². The number of aromatic nitrogens is 1. The maximum atomic E-state index is 13.8. The van der Waals surface area contributed by atoms with Crippen LogP contribution < -0.4 is 4.90 Å². The summed E-state index contributed by atoms with van der Waals surface area (Å²) >= 11 is 0. The van der Waals surface area contributed by atoms with Gasteiger partial charge in [0.15, 0.2) is 0 Å². The fourth-order valence-electron chi connectivity index (χ4n) is 1.92. The van der Waals surface area contributed by atoms with Crippen LogP contribution in [0, 0.1) is 6.08 Å². The summed E-state index contributed by atoms with van der Waals surface area (Å²) in [5.74, 6) is -23.7. The average molecular weight is 537 g/mol. The van der Waals surface area contributed by atoms with E-state index in [-0.39, 0.29) is 25.8 Å². The second-order valence-corrected chi connectivity index (χ2v) is 5.09. The Morgan fingerprint density at radius 2 is 1.50 bits per heavy atom. The molecule has 1 aromatic heterocycles. The van der Waals surface area contributed by atoms with E-state index in [4.69, 9.17) is 0 Å². The smallest absolute Gasteiger partial charge is 0.378 e. The van der Waals surface area contributed by atoms with Crippen LogP contribution in [0.25, 0.3) is 5.57 Å². The van der Waals surface area contributed by atoms with E-state index in [1.807, 2.05) is 0 Å². The molecule has 0 saturated carbocycles. The molecule has 0 fully saturated rings. The molecule has 0 saturated heterocycles. The summed E-state index contributed by atoms with van der Waals surface area (Å²) in [5.41, 5.74) is -2.89. The Labute approximate surface area is 144 Å². The number of rotatable bonds is 2. The third kappa shape index (κ3) is 2.71. The van der Waals surface area contributed by atoms with E-state index in [9.17, 15) is 35.1 Å². The SMILES string of the molecule is CN(C)c1ccnc(C2=[C-]C(F)(F)C(F)(F)C(F)(F)C2(F)F)c1.[Ir]. The Morgan fingerprint density at radius 1 is 0.958 bits per heavy atom. The Balaban J connectivity index is 0.00000288. The second-order valence-electron chi connectivity index (χ2n) is 5.09. The van der Waals surface area contributed by atoms with Crippen LogP contribution in [0.15, 0.2) is 18.3 Å². The molecule has 0 spiro atoms. The van der Waals surface area contributed by atoms with E-state index in [1.54, 1.807) is 0 Å². The first-order valence-electron chi connectivity index (χ1n) is 6.06. The van der Waals surface area contributed by atoms with Crippen LogP contribution in [0.4, 0.5) is 40.8 Å². The molecule has 2 nitrogen and oxygen atoms in total. The van der Waals surface area contributed by atoms with Crippen LogP contribution in [0.5, 0.6) is 0 Å². The molecule has 0 amide bonds. The van der Waals surface area contributed by atoms with Gasteiger partial charge >= 0.3 is 17.8 Å². The van der Waals surface area contributed by atoms with Gasteiger partial charge in [0.2, 0.25) is 0 Å². The zero-order valence-corrected chi connectivity index (χ0v) is 14.4. The first kappa shape index (κ1) is 20.8. The van der Waals surface area contributed by atoms with Crippen molar-refractivity contribution in [1.82, 2.24) is 4.98 Å². The molecule has 2 rings (SSSR count). The Kier molecular flexibility index (Phi) is 5.16. The first-order valence-corrected chi connectivity index (χ1v) is 6.06. The van der Waals surface area contributed by atoms with E-state index in [0.717, 1.165) is 12.3 Å². The van der Waals surface area contributed by atoms with E-state index in [0.29, 0.717) is 6.08 Å². The molecule has 1 aliphatic rings. The van der Waals surface area contributed by atoms with Crippen LogP contribution in [0.1, 0.15) is 5.69 Å². The van der Waals surface area contributed by atoms with E-state index >= 15 is 0 Å². The summed E-state index contributed by atoms with van der Waals surface area (Å²) < 4.78 is 107. The summed E-state index contributed by atoms with van der Waals surface area (Å²) in [7, 11) is 2.93. The molecule has 0 aliphatic heterocycles. The molecule has 0 N–H and O–H groups in total. The molecule has 1 radical (unpaired) electrons. The van der Waals surface area contributed by atoms with Crippen molar-refractivity contribution in [3.63, 3.8) is 0 Å². The van der Waals surface area contributed by atoms with Gasteiger partial charge in [0.05, 0.1) is 0 Å². The molecule has 0 aromatic carbocycles. The third-order valence-corrected chi connectivity index (χ3v) is 3.30. The summed E-state index contributed by atoms with van der Waals surface area (Å²) in [6.45, 7) is 0. The largest absolute Gasteiger partial charge is 0.379 e. The average Bonchev–Trinajstić information content (AvgIpc) is 2.43. The number of alkyl halides is 8. The number of halogens is 8. The van der Waals surface area contributed by atoms with Crippen molar-refractivity contribution < 1.29 is 55.2 Å². The first-order chi connectivity index (χ1) is 10.3. The summed E-state index contributed by atoms with van der Waals surface area (Å²) in [4.78, 5) is 4.66. The summed E-state index contributed by atoms with van der Waals surface area (Å²) in [5, 5.41) is 0. The van der Waals surface area contributed by atoms with Crippen molar-refractivity contribution in [3.05, 3.63) is 30.1 Å². The van der Waals surface area contributed by atoms with Crippen molar-refractivity contribution in [2.24, 2.45) is 0 Å². The van der Waals surface area contributed by atoms with Gasteiger partial charge in [-0.25, -0.2) is 8.78 Å². The molecule has 1 aliphatic carbocycles.